The summed E-state index contributed by atoms with van der Waals surface area (Å²) in [6, 6.07) is 55.1. The van der Waals surface area contributed by atoms with Gasteiger partial charge in [-0.1, -0.05) is 146 Å². The third kappa shape index (κ3) is 6.22. The van der Waals surface area contributed by atoms with Crippen molar-refractivity contribution in [2.24, 2.45) is 0 Å². The van der Waals surface area contributed by atoms with Gasteiger partial charge in [-0.05, 0) is 119 Å². The van der Waals surface area contributed by atoms with Crippen LogP contribution in [0.15, 0.2) is 158 Å². The fourth-order valence-corrected chi connectivity index (χ4v) is 9.95. The summed E-state index contributed by atoms with van der Waals surface area (Å²) in [5, 5.41) is 23.2. The highest BCUT2D eigenvalue weighted by atomic mass is 16.7. The summed E-state index contributed by atoms with van der Waals surface area (Å²) in [7, 11) is 0. The van der Waals surface area contributed by atoms with Gasteiger partial charge < -0.3 is 19.7 Å². The highest BCUT2D eigenvalue weighted by molar-refractivity contribution is 5.85. The first kappa shape index (κ1) is 37.2. The Morgan fingerprint density at radius 1 is 0.400 bits per heavy atom. The quantitative estimate of drug-likeness (QED) is 0.143. The molecule has 2 aliphatic carbocycles. The van der Waals surface area contributed by atoms with E-state index in [1.807, 2.05) is 50.2 Å². The average molecular weight is 783 g/mol. The number of hydrogen-bond acceptors (Lipinski definition) is 4. The zero-order valence-electron chi connectivity index (χ0n) is 34.3. The van der Waals surface area contributed by atoms with Crippen LogP contribution in [0.5, 0.6) is 23.0 Å². The number of hydrogen-bond donors (Lipinski definition) is 2. The summed E-state index contributed by atoms with van der Waals surface area (Å²) >= 11 is 0. The van der Waals surface area contributed by atoms with Gasteiger partial charge in [0.2, 0.25) is 6.79 Å². The molecule has 0 aliphatic heterocycles. The van der Waals surface area contributed by atoms with Crippen molar-refractivity contribution in [1.82, 2.24) is 0 Å². The van der Waals surface area contributed by atoms with Gasteiger partial charge in [0, 0.05) is 39.7 Å². The first-order chi connectivity index (χ1) is 29.3. The third-order valence-corrected chi connectivity index (χ3v) is 12.5. The molecule has 0 bridgehead atoms. The van der Waals surface area contributed by atoms with Crippen LogP contribution in [-0.4, -0.2) is 17.0 Å². The molecule has 60 heavy (non-hydrogen) atoms. The fourth-order valence-electron chi connectivity index (χ4n) is 9.95. The minimum absolute atomic E-state index is 0.0991. The van der Waals surface area contributed by atoms with Crippen molar-refractivity contribution < 1.29 is 19.7 Å². The summed E-state index contributed by atoms with van der Waals surface area (Å²) in [4.78, 5) is 0. The van der Waals surface area contributed by atoms with Crippen LogP contribution in [0.1, 0.15) is 67.5 Å². The van der Waals surface area contributed by atoms with E-state index in [-0.39, 0.29) is 30.1 Å². The molecule has 0 fully saturated rings. The lowest BCUT2D eigenvalue weighted by atomic mass is 9.86. The molecule has 0 spiro atoms. The number of phenols is 2. The summed E-state index contributed by atoms with van der Waals surface area (Å²) in [6.07, 6.45) is 0.691. The summed E-state index contributed by atoms with van der Waals surface area (Å²) in [5.74, 6) is 1.80. The van der Waals surface area contributed by atoms with Gasteiger partial charge in [-0.2, -0.15) is 0 Å². The van der Waals surface area contributed by atoms with Gasteiger partial charge in [0.25, 0.3) is 0 Å². The SMILES string of the molecule is Cc1cc(C)c(O)c(-c2cccc(CC3c4ccccc4-c4ccccc43)c2OCOc2c(-c3cc(C)cc(C)c3O)cccc2C2c3ccccc3-c3ccccc32)c1. The van der Waals surface area contributed by atoms with Crippen LogP contribution in [0.3, 0.4) is 0 Å². The lowest BCUT2D eigenvalue weighted by molar-refractivity contribution is 0.118. The van der Waals surface area contributed by atoms with E-state index in [4.69, 9.17) is 9.47 Å². The van der Waals surface area contributed by atoms with Crippen LogP contribution in [0.25, 0.3) is 44.5 Å². The topological polar surface area (TPSA) is 58.9 Å². The molecule has 4 nitrogen and oxygen atoms in total. The molecule has 2 aliphatic rings. The molecule has 10 rings (SSSR count). The van der Waals surface area contributed by atoms with E-state index in [0.29, 0.717) is 23.5 Å². The van der Waals surface area contributed by atoms with Gasteiger partial charge in [0.1, 0.15) is 23.0 Å². The van der Waals surface area contributed by atoms with E-state index in [9.17, 15) is 10.2 Å². The second-order valence-corrected chi connectivity index (χ2v) is 16.4. The summed E-state index contributed by atoms with van der Waals surface area (Å²) < 4.78 is 14.0. The van der Waals surface area contributed by atoms with Crippen molar-refractivity contribution in [1.29, 1.82) is 0 Å². The molecular weight excluding hydrogens is 737 g/mol. The lowest BCUT2D eigenvalue weighted by Crippen LogP contribution is -2.13. The first-order valence-electron chi connectivity index (χ1n) is 20.7. The van der Waals surface area contributed by atoms with Gasteiger partial charge in [0.05, 0.1) is 0 Å². The van der Waals surface area contributed by atoms with Gasteiger partial charge in [0.15, 0.2) is 0 Å². The zero-order valence-corrected chi connectivity index (χ0v) is 34.3. The summed E-state index contributed by atoms with van der Waals surface area (Å²) in [5.41, 5.74) is 18.7. The smallest absolute Gasteiger partial charge is 0.230 e. The maximum atomic E-state index is 11.6. The van der Waals surface area contributed by atoms with E-state index in [1.165, 1.54) is 44.5 Å². The van der Waals surface area contributed by atoms with E-state index in [1.54, 1.807) is 0 Å². The number of aryl methyl sites for hydroxylation is 4. The Morgan fingerprint density at radius 3 is 1.33 bits per heavy atom. The van der Waals surface area contributed by atoms with E-state index >= 15 is 0 Å². The Bertz CT molecular complexity index is 2880. The molecule has 0 aromatic heterocycles. The van der Waals surface area contributed by atoms with Crippen molar-refractivity contribution in [3.05, 3.63) is 213 Å². The normalized spacial score (nSPS) is 12.8. The van der Waals surface area contributed by atoms with Crippen LogP contribution >= 0.6 is 0 Å². The van der Waals surface area contributed by atoms with Crippen LogP contribution in [0.4, 0.5) is 0 Å². The molecule has 0 heterocycles. The standard InChI is InChI=1S/C56H46O4/c1-33-27-35(3)53(57)50(29-33)46-24-13-15-37(31-49-42-20-7-5-16-38(42)39-17-6-8-21-43(39)49)55(46)59-32-60-56-47(51-30-34(2)28-36(4)54(51)58)25-14-26-48(56)52-44-22-11-9-18-40(44)41-19-10-12-23-45(41)52/h5-30,49,52,57-58H,31-32H2,1-4H3. The molecule has 0 radical (unpaired) electrons. The van der Waals surface area contributed by atoms with Crippen LogP contribution in [-0.2, 0) is 6.42 Å². The molecule has 4 heteroatoms. The maximum absolute atomic E-state index is 11.6. The highest BCUT2D eigenvalue weighted by Gasteiger charge is 2.33. The van der Waals surface area contributed by atoms with Gasteiger partial charge >= 0.3 is 0 Å². The second-order valence-electron chi connectivity index (χ2n) is 16.4. The van der Waals surface area contributed by atoms with Crippen molar-refractivity contribution >= 4 is 0 Å². The number of rotatable bonds is 9. The van der Waals surface area contributed by atoms with Crippen LogP contribution < -0.4 is 9.47 Å². The van der Waals surface area contributed by atoms with Crippen LogP contribution in [0, 0.1) is 27.7 Å². The number of ether oxygens (including phenoxy) is 2. The largest absolute Gasteiger partial charge is 0.507 e. The number of aromatic hydroxyl groups is 2. The molecule has 0 amide bonds. The van der Waals surface area contributed by atoms with Gasteiger partial charge in [-0.25, -0.2) is 0 Å². The Labute approximate surface area is 352 Å². The average Bonchev–Trinajstić information content (AvgIpc) is 3.76. The van der Waals surface area contributed by atoms with Gasteiger partial charge in [-0.15, -0.1) is 0 Å². The second kappa shape index (κ2) is 15.0. The predicted molar refractivity (Wildman–Crippen MR) is 242 cm³/mol. The van der Waals surface area contributed by atoms with E-state index < -0.39 is 0 Å². The minimum atomic E-state index is -0.112. The van der Waals surface area contributed by atoms with Crippen molar-refractivity contribution in [3.63, 3.8) is 0 Å². The van der Waals surface area contributed by atoms with Crippen molar-refractivity contribution in [2.75, 3.05) is 6.79 Å². The third-order valence-electron chi connectivity index (χ3n) is 12.5. The Morgan fingerprint density at radius 2 is 0.800 bits per heavy atom. The molecular formula is C56H46O4. The van der Waals surface area contributed by atoms with E-state index in [2.05, 4.69) is 135 Å². The highest BCUT2D eigenvalue weighted by Crippen LogP contribution is 2.53. The van der Waals surface area contributed by atoms with Crippen LogP contribution in [0.2, 0.25) is 0 Å². The molecule has 294 valence electrons. The molecule has 8 aromatic carbocycles. The Balaban J connectivity index is 1.10. The summed E-state index contributed by atoms with van der Waals surface area (Å²) in [6.45, 7) is 7.86. The minimum Gasteiger partial charge on any atom is -0.507 e. The molecule has 0 unspecified atom stereocenters. The number of para-hydroxylation sites is 2. The maximum Gasteiger partial charge on any atom is 0.230 e. The molecule has 2 N–H and O–H groups in total. The lowest BCUT2D eigenvalue weighted by Gasteiger charge is -2.24. The molecule has 8 aromatic rings. The van der Waals surface area contributed by atoms with Crippen molar-refractivity contribution in [3.8, 4) is 67.5 Å². The van der Waals surface area contributed by atoms with Gasteiger partial charge in [-0.3, -0.25) is 0 Å². The Kier molecular flexibility index (Phi) is 9.29. The number of fused-ring (bicyclic) bond motifs is 6. The molecule has 0 atom stereocenters. The van der Waals surface area contributed by atoms with E-state index in [0.717, 1.165) is 50.1 Å². The first-order valence-corrected chi connectivity index (χ1v) is 20.7. The predicted octanol–water partition coefficient (Wildman–Crippen LogP) is 13.6. The zero-order chi connectivity index (χ0) is 41.1. The monoisotopic (exact) mass is 782 g/mol. The number of phenolic OH excluding ortho intramolecular Hbond substituents is 2. The van der Waals surface area contributed by atoms with Crippen molar-refractivity contribution in [2.45, 2.75) is 46.0 Å². The molecule has 0 saturated heterocycles. The molecule has 0 saturated carbocycles. The Hall–Kier alpha value is -7.04. The fraction of sp³-hybridized carbons (Fsp3) is 0.143. The number of benzene rings is 8.